The molecule has 0 amide bonds. The Hall–Kier alpha value is -4.44. The monoisotopic (exact) mass is 424 g/mol. The molecule has 32 heavy (non-hydrogen) atoms. The Morgan fingerprint density at radius 3 is 2.56 bits per heavy atom. The first-order valence-corrected chi connectivity index (χ1v) is 10.0. The van der Waals surface area contributed by atoms with E-state index in [4.69, 9.17) is 4.84 Å². The maximum atomic E-state index is 10.9. The number of aromatic nitrogens is 1. The minimum absolute atomic E-state index is 0.0748. The summed E-state index contributed by atoms with van der Waals surface area (Å²) < 4.78 is 2.16. The van der Waals surface area contributed by atoms with E-state index in [-0.39, 0.29) is 12.3 Å². The Labute approximate surface area is 184 Å². The molecule has 0 saturated carbocycles. The average Bonchev–Trinajstić information content (AvgIpc) is 3.08. The molecule has 0 saturated heterocycles. The fourth-order valence-electron chi connectivity index (χ4n) is 3.68. The molecule has 0 N–H and O–H groups in total. The van der Waals surface area contributed by atoms with E-state index in [0.717, 1.165) is 33.3 Å². The van der Waals surface area contributed by atoms with Crippen LogP contribution in [-0.2, 0) is 18.0 Å². The summed E-state index contributed by atoms with van der Waals surface area (Å²) in [5, 5.41) is 25.3. The van der Waals surface area contributed by atoms with Crippen LogP contribution < -0.4 is 0 Å². The van der Waals surface area contributed by atoms with E-state index in [1.807, 2.05) is 49.4 Å². The summed E-state index contributed by atoms with van der Waals surface area (Å²) in [6.07, 6.45) is 1.69. The first-order valence-electron chi connectivity index (χ1n) is 10.0. The highest BCUT2D eigenvalue weighted by Gasteiger charge is 2.13. The fraction of sp³-hybridized carbons (Fsp3) is 0.120. The molecule has 0 fully saturated rings. The van der Waals surface area contributed by atoms with Crippen molar-refractivity contribution in [3.05, 3.63) is 111 Å². The number of hydrogen-bond acceptors (Lipinski definition) is 5. The zero-order chi connectivity index (χ0) is 22.5. The molecule has 0 atom stereocenters. The van der Waals surface area contributed by atoms with E-state index in [1.165, 1.54) is 12.1 Å². The second-order valence-electron chi connectivity index (χ2n) is 7.30. The Kier molecular flexibility index (Phi) is 5.95. The topological polar surface area (TPSA) is 93.4 Å². The van der Waals surface area contributed by atoms with Gasteiger partial charge in [0.1, 0.15) is 6.61 Å². The van der Waals surface area contributed by atoms with Gasteiger partial charge in [-0.1, -0.05) is 53.7 Å². The Morgan fingerprint density at radius 2 is 1.81 bits per heavy atom. The van der Waals surface area contributed by atoms with Crippen LogP contribution in [0.4, 0.5) is 5.69 Å². The van der Waals surface area contributed by atoms with Crippen molar-refractivity contribution in [3.8, 4) is 6.07 Å². The minimum Gasteiger partial charge on any atom is -0.391 e. The smallest absolute Gasteiger partial charge is 0.269 e. The van der Waals surface area contributed by atoms with Gasteiger partial charge >= 0.3 is 0 Å². The first kappa shape index (κ1) is 20.8. The van der Waals surface area contributed by atoms with Crippen LogP contribution in [0.5, 0.6) is 0 Å². The van der Waals surface area contributed by atoms with E-state index >= 15 is 0 Å². The lowest BCUT2D eigenvalue weighted by atomic mass is 10.1. The number of benzene rings is 3. The zero-order valence-electron chi connectivity index (χ0n) is 17.4. The number of oxime groups is 1. The molecule has 3 aromatic carbocycles. The highest BCUT2D eigenvalue weighted by Crippen LogP contribution is 2.26. The second-order valence-corrected chi connectivity index (χ2v) is 7.30. The summed E-state index contributed by atoms with van der Waals surface area (Å²) in [6.45, 7) is 2.80. The van der Waals surface area contributed by atoms with E-state index in [2.05, 4.69) is 15.8 Å². The van der Waals surface area contributed by atoms with Gasteiger partial charge in [0.15, 0.2) is 0 Å². The van der Waals surface area contributed by atoms with Gasteiger partial charge in [0, 0.05) is 46.4 Å². The normalized spacial score (nSPS) is 11.0. The number of nitro benzene ring substituents is 1. The molecule has 0 unspecified atom stereocenters. The SMILES string of the molecule is Cc1c(/C=N\OCc2ccccc2C#N)c2ccccc2n1Cc1ccc([N+](=O)[O-])cc1. The highest BCUT2D eigenvalue weighted by atomic mass is 16.6. The third kappa shape index (κ3) is 4.20. The van der Waals surface area contributed by atoms with Gasteiger partial charge in [-0.25, -0.2) is 0 Å². The van der Waals surface area contributed by atoms with Crippen LogP contribution in [0, 0.1) is 28.4 Å². The fourth-order valence-corrected chi connectivity index (χ4v) is 3.68. The molecule has 0 spiro atoms. The number of nitro groups is 1. The molecular formula is C25H20N4O3. The molecule has 0 radical (unpaired) electrons. The molecule has 1 heterocycles. The highest BCUT2D eigenvalue weighted by molar-refractivity contribution is 6.01. The van der Waals surface area contributed by atoms with Crippen LogP contribution in [-0.4, -0.2) is 15.7 Å². The summed E-state index contributed by atoms with van der Waals surface area (Å²) in [5.74, 6) is 0. The number of nitrogens with zero attached hydrogens (tertiary/aromatic N) is 4. The van der Waals surface area contributed by atoms with Gasteiger partial charge in [0.25, 0.3) is 5.69 Å². The van der Waals surface area contributed by atoms with Crippen LogP contribution in [0.25, 0.3) is 10.9 Å². The van der Waals surface area contributed by atoms with E-state index in [9.17, 15) is 15.4 Å². The molecule has 0 aliphatic rings. The molecule has 4 aromatic rings. The Morgan fingerprint density at radius 1 is 1.09 bits per heavy atom. The van der Waals surface area contributed by atoms with Gasteiger partial charge in [-0.2, -0.15) is 5.26 Å². The largest absolute Gasteiger partial charge is 0.391 e. The van der Waals surface area contributed by atoms with Crippen molar-refractivity contribution >= 4 is 22.8 Å². The van der Waals surface area contributed by atoms with Crippen LogP contribution in [0.2, 0.25) is 0 Å². The van der Waals surface area contributed by atoms with Gasteiger partial charge in [-0.05, 0) is 24.6 Å². The van der Waals surface area contributed by atoms with Gasteiger partial charge in [-0.3, -0.25) is 10.1 Å². The molecular weight excluding hydrogens is 404 g/mol. The Balaban J connectivity index is 1.59. The third-order valence-corrected chi connectivity index (χ3v) is 5.38. The summed E-state index contributed by atoms with van der Waals surface area (Å²) >= 11 is 0. The van der Waals surface area contributed by atoms with Crippen LogP contribution in [0.15, 0.2) is 78.0 Å². The number of non-ortho nitro benzene ring substituents is 1. The molecule has 4 rings (SSSR count). The number of rotatable bonds is 7. The predicted molar refractivity (Wildman–Crippen MR) is 122 cm³/mol. The van der Waals surface area contributed by atoms with Gasteiger partial charge in [-0.15, -0.1) is 0 Å². The van der Waals surface area contributed by atoms with Gasteiger partial charge in [0.2, 0.25) is 0 Å². The standard InChI is InChI=1S/C25H20N4O3/c1-18-24(15-27-32-17-21-7-3-2-6-20(21)14-26)23-8-4-5-9-25(23)28(18)16-19-10-12-22(13-11-19)29(30)31/h2-13,15H,16-17H2,1H3/b27-15-. The van der Waals surface area contributed by atoms with E-state index in [0.29, 0.717) is 12.1 Å². The van der Waals surface area contributed by atoms with Crippen molar-refractivity contribution in [2.45, 2.75) is 20.1 Å². The average molecular weight is 424 g/mol. The number of para-hydroxylation sites is 1. The van der Waals surface area contributed by atoms with Crippen molar-refractivity contribution in [2.24, 2.45) is 5.16 Å². The lowest BCUT2D eigenvalue weighted by molar-refractivity contribution is -0.384. The minimum atomic E-state index is -0.399. The predicted octanol–water partition coefficient (Wildman–Crippen LogP) is 5.33. The van der Waals surface area contributed by atoms with Crippen molar-refractivity contribution in [1.29, 1.82) is 5.26 Å². The van der Waals surface area contributed by atoms with E-state index < -0.39 is 4.92 Å². The van der Waals surface area contributed by atoms with Crippen LogP contribution in [0.3, 0.4) is 0 Å². The second kappa shape index (κ2) is 9.14. The summed E-state index contributed by atoms with van der Waals surface area (Å²) in [6, 6.07) is 24.0. The third-order valence-electron chi connectivity index (χ3n) is 5.38. The number of hydrogen-bond donors (Lipinski definition) is 0. The summed E-state index contributed by atoms with van der Waals surface area (Å²) in [5.41, 5.74) is 5.38. The van der Waals surface area contributed by atoms with Crippen molar-refractivity contribution in [3.63, 3.8) is 0 Å². The zero-order valence-corrected chi connectivity index (χ0v) is 17.4. The molecule has 1 aromatic heterocycles. The maximum absolute atomic E-state index is 10.9. The maximum Gasteiger partial charge on any atom is 0.269 e. The molecule has 7 nitrogen and oxygen atoms in total. The first-order chi connectivity index (χ1) is 15.6. The van der Waals surface area contributed by atoms with Gasteiger partial charge < -0.3 is 9.40 Å². The lowest BCUT2D eigenvalue weighted by Gasteiger charge is -2.08. The lowest BCUT2D eigenvalue weighted by Crippen LogP contribution is -2.02. The molecule has 0 aliphatic carbocycles. The quantitative estimate of drug-likeness (QED) is 0.228. The van der Waals surface area contributed by atoms with Crippen LogP contribution >= 0.6 is 0 Å². The Bertz CT molecular complexity index is 1350. The van der Waals surface area contributed by atoms with Crippen molar-refractivity contribution in [2.75, 3.05) is 0 Å². The van der Waals surface area contributed by atoms with Crippen molar-refractivity contribution in [1.82, 2.24) is 4.57 Å². The van der Waals surface area contributed by atoms with Gasteiger partial charge in [0.05, 0.1) is 22.8 Å². The number of nitriles is 1. The van der Waals surface area contributed by atoms with E-state index in [1.54, 1.807) is 24.4 Å². The molecule has 158 valence electrons. The molecule has 0 bridgehead atoms. The van der Waals surface area contributed by atoms with Crippen molar-refractivity contribution < 1.29 is 9.76 Å². The molecule has 0 aliphatic heterocycles. The summed E-state index contributed by atoms with van der Waals surface area (Å²) in [4.78, 5) is 16.0. The molecule has 7 heteroatoms. The summed E-state index contributed by atoms with van der Waals surface area (Å²) in [7, 11) is 0. The van der Waals surface area contributed by atoms with Crippen LogP contribution in [0.1, 0.15) is 27.9 Å². The number of fused-ring (bicyclic) bond motifs is 1.